The highest BCUT2D eigenvalue weighted by Crippen LogP contribution is 2.36. The number of anilines is 1. The number of hydrogen-bond donors (Lipinski definition) is 1. The number of carbonyl (C=O) groups excluding carboxylic acids is 2. The van der Waals surface area contributed by atoms with Gasteiger partial charge in [0, 0.05) is 24.4 Å². The number of benzene rings is 1. The fourth-order valence-electron chi connectivity index (χ4n) is 4.38. The van der Waals surface area contributed by atoms with Gasteiger partial charge in [-0.25, -0.2) is 4.79 Å². The van der Waals surface area contributed by atoms with Gasteiger partial charge in [0.2, 0.25) is 5.91 Å². The molecule has 1 N–H and O–H groups in total. The number of thioether (sulfide) groups is 1. The van der Waals surface area contributed by atoms with E-state index in [1.165, 1.54) is 62.3 Å². The summed E-state index contributed by atoms with van der Waals surface area (Å²) >= 11 is 2.66. The van der Waals surface area contributed by atoms with Crippen LogP contribution in [0, 0.1) is 5.92 Å². The van der Waals surface area contributed by atoms with Gasteiger partial charge in [0.1, 0.15) is 16.4 Å². The molecule has 0 aliphatic heterocycles. The van der Waals surface area contributed by atoms with Crippen molar-refractivity contribution >= 4 is 40.0 Å². The van der Waals surface area contributed by atoms with E-state index in [4.69, 9.17) is 4.74 Å². The Bertz CT molecular complexity index is 1120. The summed E-state index contributed by atoms with van der Waals surface area (Å²) in [7, 11) is 3.30. The summed E-state index contributed by atoms with van der Waals surface area (Å²) in [4.78, 5) is 25.2. The molecule has 1 fully saturated rings. The van der Waals surface area contributed by atoms with Crippen molar-refractivity contribution in [1.82, 2.24) is 14.8 Å². The molecule has 1 aromatic carbocycles. The van der Waals surface area contributed by atoms with Crippen LogP contribution in [0.25, 0.3) is 11.1 Å². The van der Waals surface area contributed by atoms with Gasteiger partial charge in [0.15, 0.2) is 5.16 Å². The van der Waals surface area contributed by atoms with Crippen LogP contribution < -0.4 is 5.32 Å². The standard InChI is InChI=1S/C25H30N4O3S2/c1-29-20(14-13-17-9-5-3-6-10-17)27-28-25(29)34-16-21(30)26-23-22(24(31)32-2)19(15-33-23)18-11-7-4-8-12-18/h4,7-8,11-12,15,17H,3,5-6,9-10,13-14,16H2,1-2H3,(H,26,30). The molecular weight excluding hydrogens is 468 g/mol. The maximum atomic E-state index is 12.7. The topological polar surface area (TPSA) is 86.1 Å². The number of aromatic nitrogens is 3. The van der Waals surface area contributed by atoms with Crippen molar-refractivity contribution in [3.05, 3.63) is 47.1 Å². The Kier molecular flexibility index (Phi) is 8.39. The van der Waals surface area contributed by atoms with E-state index in [0.717, 1.165) is 40.9 Å². The highest BCUT2D eigenvalue weighted by Gasteiger charge is 2.23. The lowest BCUT2D eigenvalue weighted by molar-refractivity contribution is -0.113. The van der Waals surface area contributed by atoms with Gasteiger partial charge in [-0.05, 0) is 17.9 Å². The second-order valence-corrected chi connectivity index (χ2v) is 10.4. The Labute approximate surface area is 208 Å². The molecule has 1 aliphatic carbocycles. The number of methoxy groups -OCH3 is 1. The number of thiophene rings is 1. The minimum absolute atomic E-state index is 0.174. The Morgan fingerprint density at radius 1 is 1.18 bits per heavy atom. The molecule has 1 aliphatic rings. The zero-order valence-corrected chi connectivity index (χ0v) is 21.2. The summed E-state index contributed by atoms with van der Waals surface area (Å²) in [6.45, 7) is 0. The third kappa shape index (κ3) is 5.88. The largest absolute Gasteiger partial charge is 0.465 e. The molecule has 0 radical (unpaired) electrons. The van der Waals surface area contributed by atoms with Crippen LogP contribution in [-0.4, -0.2) is 39.5 Å². The summed E-state index contributed by atoms with van der Waals surface area (Å²) in [6.07, 6.45) is 8.76. The number of rotatable bonds is 9. The van der Waals surface area contributed by atoms with Gasteiger partial charge in [-0.2, -0.15) is 0 Å². The average Bonchev–Trinajstić information content (AvgIpc) is 3.45. The minimum atomic E-state index is -0.473. The SMILES string of the molecule is COC(=O)c1c(-c2ccccc2)csc1NC(=O)CSc1nnc(CCC2CCCCC2)n1C. The normalized spacial score (nSPS) is 14.2. The second-order valence-electron chi connectivity index (χ2n) is 8.55. The van der Waals surface area contributed by atoms with E-state index in [1.54, 1.807) is 0 Å². The van der Waals surface area contributed by atoms with Crippen molar-refractivity contribution in [2.75, 3.05) is 18.2 Å². The first-order valence-corrected chi connectivity index (χ1v) is 13.5. The first kappa shape index (κ1) is 24.5. The van der Waals surface area contributed by atoms with E-state index < -0.39 is 5.97 Å². The Morgan fingerprint density at radius 3 is 2.68 bits per heavy atom. The first-order valence-electron chi connectivity index (χ1n) is 11.6. The number of hydrogen-bond acceptors (Lipinski definition) is 7. The van der Waals surface area contributed by atoms with Crippen molar-refractivity contribution in [1.29, 1.82) is 0 Å². The summed E-state index contributed by atoms with van der Waals surface area (Å²) in [5.41, 5.74) is 2.02. The number of esters is 1. The third-order valence-electron chi connectivity index (χ3n) is 6.28. The van der Waals surface area contributed by atoms with Crippen LogP contribution in [0.2, 0.25) is 0 Å². The van der Waals surface area contributed by atoms with Crippen LogP contribution in [0.5, 0.6) is 0 Å². The molecule has 2 aromatic heterocycles. The van der Waals surface area contributed by atoms with Crippen molar-refractivity contribution < 1.29 is 14.3 Å². The molecule has 4 rings (SSSR count). The summed E-state index contributed by atoms with van der Waals surface area (Å²) in [5, 5.41) is 14.6. The van der Waals surface area contributed by atoms with Crippen LogP contribution in [0.15, 0.2) is 40.9 Å². The Hall–Kier alpha value is -2.65. The lowest BCUT2D eigenvalue weighted by atomic mass is 9.86. The molecule has 180 valence electrons. The van der Waals surface area contributed by atoms with Crippen LogP contribution in [0.4, 0.5) is 5.00 Å². The first-order chi connectivity index (χ1) is 16.6. The second kappa shape index (κ2) is 11.7. The maximum absolute atomic E-state index is 12.7. The summed E-state index contributed by atoms with van der Waals surface area (Å²) in [6, 6.07) is 9.59. The Morgan fingerprint density at radius 2 is 1.94 bits per heavy atom. The molecule has 0 bridgehead atoms. The molecule has 7 nitrogen and oxygen atoms in total. The van der Waals surface area contributed by atoms with Gasteiger partial charge in [-0.3, -0.25) is 4.79 Å². The molecule has 9 heteroatoms. The van der Waals surface area contributed by atoms with E-state index in [2.05, 4.69) is 15.5 Å². The number of nitrogens with one attached hydrogen (secondary N) is 1. The number of carbonyl (C=O) groups is 2. The monoisotopic (exact) mass is 498 g/mol. The summed E-state index contributed by atoms with van der Waals surface area (Å²) in [5.74, 6) is 1.26. The molecular formula is C25H30N4O3S2. The van der Waals surface area contributed by atoms with Crippen molar-refractivity contribution in [3.63, 3.8) is 0 Å². The minimum Gasteiger partial charge on any atom is -0.465 e. The predicted molar refractivity (Wildman–Crippen MR) is 136 cm³/mol. The van der Waals surface area contributed by atoms with E-state index >= 15 is 0 Å². The van der Waals surface area contributed by atoms with Crippen LogP contribution in [0.1, 0.15) is 54.7 Å². The van der Waals surface area contributed by atoms with Crippen molar-refractivity contribution in [2.24, 2.45) is 13.0 Å². The molecule has 0 saturated heterocycles. The van der Waals surface area contributed by atoms with Crippen LogP contribution in [-0.2, 0) is 23.0 Å². The fourth-order valence-corrected chi connectivity index (χ4v) is 6.08. The van der Waals surface area contributed by atoms with Crippen molar-refractivity contribution in [2.45, 2.75) is 50.1 Å². The van der Waals surface area contributed by atoms with Crippen molar-refractivity contribution in [3.8, 4) is 11.1 Å². The molecule has 0 unspecified atom stereocenters. The van der Waals surface area contributed by atoms with Gasteiger partial charge >= 0.3 is 5.97 Å². The molecule has 2 heterocycles. The number of nitrogens with zero attached hydrogens (tertiary/aromatic N) is 3. The van der Waals surface area contributed by atoms with Gasteiger partial charge in [-0.15, -0.1) is 21.5 Å². The molecule has 0 spiro atoms. The van der Waals surface area contributed by atoms with Gasteiger partial charge in [0.25, 0.3) is 0 Å². The quantitative estimate of drug-likeness (QED) is 0.306. The maximum Gasteiger partial charge on any atom is 0.341 e. The third-order valence-corrected chi connectivity index (χ3v) is 8.19. The lowest BCUT2D eigenvalue weighted by Crippen LogP contribution is -2.16. The molecule has 34 heavy (non-hydrogen) atoms. The Balaban J connectivity index is 1.37. The van der Waals surface area contributed by atoms with E-state index in [-0.39, 0.29) is 11.7 Å². The van der Waals surface area contributed by atoms with Crippen LogP contribution in [0.3, 0.4) is 0 Å². The van der Waals surface area contributed by atoms with E-state index in [0.29, 0.717) is 10.6 Å². The predicted octanol–water partition coefficient (Wildman–Crippen LogP) is 5.57. The van der Waals surface area contributed by atoms with E-state index in [9.17, 15) is 9.59 Å². The van der Waals surface area contributed by atoms with Crippen LogP contribution >= 0.6 is 23.1 Å². The number of ether oxygens (including phenoxy) is 1. The highest BCUT2D eigenvalue weighted by atomic mass is 32.2. The fraction of sp³-hybridized carbons (Fsp3) is 0.440. The molecule has 1 amide bonds. The molecule has 1 saturated carbocycles. The zero-order chi connectivity index (χ0) is 23.9. The highest BCUT2D eigenvalue weighted by molar-refractivity contribution is 7.99. The van der Waals surface area contributed by atoms with E-state index in [1.807, 2.05) is 47.3 Å². The molecule has 3 aromatic rings. The average molecular weight is 499 g/mol. The zero-order valence-electron chi connectivity index (χ0n) is 19.6. The smallest absolute Gasteiger partial charge is 0.341 e. The summed E-state index contributed by atoms with van der Waals surface area (Å²) < 4.78 is 6.97. The number of amides is 1. The number of aryl methyl sites for hydroxylation is 1. The van der Waals surface area contributed by atoms with Gasteiger partial charge in [0.05, 0.1) is 12.9 Å². The molecule has 0 atom stereocenters. The lowest BCUT2D eigenvalue weighted by Gasteiger charge is -2.20. The van der Waals surface area contributed by atoms with Gasteiger partial charge in [-0.1, -0.05) is 74.2 Å². The van der Waals surface area contributed by atoms with Gasteiger partial charge < -0.3 is 14.6 Å².